The zero-order valence-electron chi connectivity index (χ0n) is 27.0. The van der Waals surface area contributed by atoms with Crippen molar-refractivity contribution in [1.82, 2.24) is 9.88 Å². The molecule has 5 nitrogen and oxygen atoms in total. The summed E-state index contributed by atoms with van der Waals surface area (Å²) in [5.74, 6) is 1.47. The van der Waals surface area contributed by atoms with Crippen LogP contribution in [0.15, 0.2) is 184 Å². The van der Waals surface area contributed by atoms with Gasteiger partial charge in [-0.15, -0.1) is 0 Å². The zero-order chi connectivity index (χ0) is 33.0. The smallest absolute Gasteiger partial charge is 0.280 e. The minimum Gasteiger partial charge on any atom is -0.545 e. The number of fused-ring (bicyclic) bond motifs is 6. The number of amidine groups is 2. The highest BCUT2D eigenvalue weighted by Gasteiger charge is 2.26. The molecule has 7 aromatic carbocycles. The molecule has 0 amide bonds. The van der Waals surface area contributed by atoms with Crippen molar-refractivity contribution in [2.24, 2.45) is 9.98 Å². The summed E-state index contributed by atoms with van der Waals surface area (Å²) in [6, 6.07) is 59.6. The molecule has 2 aromatic heterocycles. The Hall–Kier alpha value is -6.72. The van der Waals surface area contributed by atoms with E-state index in [0.29, 0.717) is 5.84 Å². The van der Waals surface area contributed by atoms with Crippen molar-refractivity contribution in [1.29, 1.82) is 0 Å². The fourth-order valence-corrected chi connectivity index (χ4v) is 7.33. The van der Waals surface area contributed by atoms with Crippen LogP contribution in [0.25, 0.3) is 60.6 Å². The molecule has 1 aliphatic heterocycles. The molecule has 9 aromatic rings. The van der Waals surface area contributed by atoms with Crippen LogP contribution >= 0.6 is 0 Å². The van der Waals surface area contributed by atoms with E-state index in [0.717, 1.165) is 61.3 Å². The third kappa shape index (κ3) is 4.63. The Morgan fingerprint density at radius 2 is 1.20 bits per heavy atom. The van der Waals surface area contributed by atoms with Crippen LogP contribution in [0.1, 0.15) is 22.9 Å². The van der Waals surface area contributed by atoms with Crippen LogP contribution in [0.5, 0.6) is 0 Å². The number of nitrogens with zero attached hydrogens (tertiary/aromatic N) is 3. The van der Waals surface area contributed by atoms with Crippen molar-refractivity contribution < 1.29 is 4.42 Å². The molecule has 50 heavy (non-hydrogen) atoms. The van der Waals surface area contributed by atoms with Crippen LogP contribution < -0.4 is 5.32 Å². The highest BCUT2D eigenvalue weighted by molar-refractivity contribution is 6.20. The molecular formula is C45H31N4O+. The first kappa shape index (κ1) is 28.3. The van der Waals surface area contributed by atoms with Crippen LogP contribution in [0, 0.1) is 0 Å². The number of aromatic nitrogens is 1. The second-order valence-electron chi connectivity index (χ2n) is 12.7. The average molecular weight is 644 g/mol. The highest BCUT2D eigenvalue weighted by Crippen LogP contribution is 2.38. The Morgan fingerprint density at radius 3 is 2.04 bits per heavy atom. The van der Waals surface area contributed by atoms with E-state index in [9.17, 15) is 0 Å². The average Bonchev–Trinajstić information content (AvgIpc) is 3.74. The number of rotatable bonds is 5. The fourth-order valence-electron chi connectivity index (χ4n) is 7.33. The largest absolute Gasteiger partial charge is 0.545 e. The van der Waals surface area contributed by atoms with E-state index in [2.05, 4.69) is 143 Å². The van der Waals surface area contributed by atoms with Crippen molar-refractivity contribution in [3.05, 3.63) is 187 Å². The molecule has 0 saturated carbocycles. The van der Waals surface area contributed by atoms with Gasteiger partial charge in [0.2, 0.25) is 0 Å². The lowest BCUT2D eigenvalue weighted by atomic mass is 10.0. The number of furan rings is 1. The van der Waals surface area contributed by atoms with Gasteiger partial charge in [-0.1, -0.05) is 115 Å². The van der Waals surface area contributed by atoms with Crippen LogP contribution in [-0.4, -0.2) is 16.2 Å². The molecule has 1 aliphatic rings. The standard InChI is InChI=1S/C45H30N4O/c1-4-13-29(14-5-1)43-46-44(30-15-6-2-7-16-30)48-45(47-43)37-21-12-20-36-38-27-31(24-26-41(38)50-42(36)37)32-23-25-35-34-19-10-11-22-39(34)49(40(35)28-32)33-17-8-3-9-18-33/h1-28,43H,(H,46,47,48)/p+1. The van der Waals surface area contributed by atoms with Gasteiger partial charge >= 0.3 is 0 Å². The molecular weight excluding hydrogens is 613 g/mol. The van der Waals surface area contributed by atoms with Gasteiger partial charge in [-0.2, -0.15) is 0 Å². The maximum absolute atomic E-state index is 5.18. The first-order chi connectivity index (χ1) is 24.8. The molecule has 1 atom stereocenters. The van der Waals surface area contributed by atoms with E-state index in [4.69, 9.17) is 14.4 Å². The van der Waals surface area contributed by atoms with Gasteiger partial charge in [0.15, 0.2) is 5.84 Å². The number of aliphatic imine (C=N–C) groups is 2. The minimum atomic E-state index is -0.272. The second kappa shape index (κ2) is 11.5. The molecule has 3 heterocycles. The van der Waals surface area contributed by atoms with Crippen LogP contribution in [0.4, 0.5) is 0 Å². The van der Waals surface area contributed by atoms with E-state index < -0.39 is 0 Å². The van der Waals surface area contributed by atoms with Crippen molar-refractivity contribution >= 4 is 55.4 Å². The predicted molar refractivity (Wildman–Crippen MR) is 206 cm³/mol. The summed E-state index contributed by atoms with van der Waals surface area (Å²) in [6.45, 7) is 0. The summed E-state index contributed by atoms with van der Waals surface area (Å²) < 4.78 is 7.54. The van der Waals surface area contributed by atoms with Gasteiger partial charge in [-0.05, 0) is 65.2 Å². The maximum atomic E-state index is 5.18. The molecule has 10 rings (SSSR count). The number of para-hydroxylation sites is 3. The van der Waals surface area contributed by atoms with Crippen molar-refractivity contribution in [3.8, 4) is 16.8 Å². The third-order valence-corrected chi connectivity index (χ3v) is 9.72. The third-order valence-electron chi connectivity index (χ3n) is 9.72. The lowest BCUT2D eigenvalue weighted by Gasteiger charge is -2.23. The topological polar surface area (TPSA) is 54.5 Å². The van der Waals surface area contributed by atoms with Crippen molar-refractivity contribution in [2.45, 2.75) is 6.17 Å². The molecule has 0 fully saturated rings. The quantitative estimate of drug-likeness (QED) is 0.186. The molecule has 0 saturated heterocycles. The highest BCUT2D eigenvalue weighted by atomic mass is 16.3. The Labute approximate surface area is 288 Å². The summed E-state index contributed by atoms with van der Waals surface area (Å²) in [5, 5.41) is 8.26. The Kier molecular flexibility index (Phi) is 6.49. The molecule has 0 radical (unpaired) electrons. The van der Waals surface area contributed by atoms with Gasteiger partial charge in [0.25, 0.3) is 11.2 Å². The van der Waals surface area contributed by atoms with Gasteiger partial charge in [0, 0.05) is 28.1 Å². The van der Waals surface area contributed by atoms with Crippen molar-refractivity contribution in [3.63, 3.8) is 0 Å². The van der Waals surface area contributed by atoms with E-state index in [1.165, 1.54) is 21.8 Å². The summed E-state index contributed by atoms with van der Waals surface area (Å²) in [7, 11) is 0. The molecule has 5 heteroatoms. The summed E-state index contributed by atoms with van der Waals surface area (Å²) in [4.78, 5) is 10.2. The van der Waals surface area contributed by atoms with Crippen LogP contribution in [0.2, 0.25) is 0 Å². The molecule has 2 N–H and O–H groups in total. The molecule has 0 aliphatic carbocycles. The summed E-state index contributed by atoms with van der Waals surface area (Å²) >= 11 is 0. The van der Waals surface area contributed by atoms with Crippen LogP contribution in [-0.2, 0) is 0 Å². The van der Waals surface area contributed by atoms with E-state index in [-0.39, 0.29) is 6.17 Å². The second-order valence-corrected chi connectivity index (χ2v) is 12.7. The van der Waals surface area contributed by atoms with Gasteiger partial charge in [0.05, 0.1) is 21.8 Å². The van der Waals surface area contributed by atoms with Gasteiger partial charge in [0.1, 0.15) is 17.6 Å². The number of benzene rings is 7. The maximum Gasteiger partial charge on any atom is 0.280 e. The molecule has 236 valence electrons. The lowest BCUT2D eigenvalue weighted by Crippen LogP contribution is -2.33. The molecule has 0 bridgehead atoms. The molecule has 1 unspecified atom stereocenters. The Balaban J connectivity index is 1.11. The van der Waals surface area contributed by atoms with E-state index in [1.54, 1.807) is 0 Å². The number of nitrogens with one attached hydrogen (secondary N) is 1. The van der Waals surface area contributed by atoms with Crippen molar-refractivity contribution in [2.75, 3.05) is 0 Å². The fraction of sp³-hybridized carbons (Fsp3) is 0.0222. The minimum absolute atomic E-state index is 0.272. The SMILES string of the molecule is c1ccc(C2=NC(c3cccc4c3[oH+]c3ccc(-c5ccc6c7ccccc7n(-c7ccccc7)c6c5)cc34)=NC(c3ccccc3)N2)cc1. The zero-order valence-corrected chi connectivity index (χ0v) is 27.0. The first-order valence-corrected chi connectivity index (χ1v) is 16.9. The van der Waals surface area contributed by atoms with E-state index in [1.807, 2.05) is 36.4 Å². The predicted octanol–water partition coefficient (Wildman–Crippen LogP) is 11.0. The van der Waals surface area contributed by atoms with Gasteiger partial charge in [-0.25, -0.2) is 9.98 Å². The first-order valence-electron chi connectivity index (χ1n) is 16.9. The van der Waals surface area contributed by atoms with Gasteiger partial charge in [-0.3, -0.25) is 0 Å². The Morgan fingerprint density at radius 1 is 0.520 bits per heavy atom. The lowest BCUT2D eigenvalue weighted by molar-refractivity contribution is 0.663. The number of hydrogen-bond acceptors (Lipinski definition) is 3. The van der Waals surface area contributed by atoms with E-state index >= 15 is 0 Å². The summed E-state index contributed by atoms with van der Waals surface area (Å²) in [5.41, 5.74) is 10.7. The Bertz CT molecular complexity index is 2780. The monoisotopic (exact) mass is 643 g/mol. The van der Waals surface area contributed by atoms with Gasteiger partial charge < -0.3 is 14.3 Å². The summed E-state index contributed by atoms with van der Waals surface area (Å²) in [6.07, 6.45) is -0.272. The van der Waals surface area contributed by atoms with Crippen LogP contribution in [0.3, 0.4) is 0 Å². The number of hydrogen-bond donors (Lipinski definition) is 1. The normalized spacial score (nSPS) is 14.6. The molecule has 0 spiro atoms.